The molecule has 0 radical (unpaired) electrons. The molecule has 1 saturated carbocycles. The highest BCUT2D eigenvalue weighted by molar-refractivity contribution is 5.23. The molecule has 0 heterocycles. The maximum Gasteiger partial charge on any atom is 0.0233 e. The Morgan fingerprint density at radius 2 is 1.94 bits per heavy atom. The fourth-order valence-electron chi connectivity index (χ4n) is 3.21. The molecule has 0 spiro atoms. The van der Waals surface area contributed by atoms with Gasteiger partial charge in [-0.1, -0.05) is 44.0 Å². The van der Waals surface area contributed by atoms with Gasteiger partial charge in [0.2, 0.25) is 0 Å². The minimum atomic E-state index is 0.636. The number of rotatable bonds is 4. The van der Waals surface area contributed by atoms with Crippen molar-refractivity contribution in [2.75, 3.05) is 7.05 Å². The predicted octanol–water partition coefficient (Wildman–Crippen LogP) is 3.16. The van der Waals surface area contributed by atoms with E-state index in [-0.39, 0.29) is 0 Å². The van der Waals surface area contributed by atoms with Crippen molar-refractivity contribution in [1.29, 1.82) is 0 Å². The van der Waals surface area contributed by atoms with Gasteiger partial charge in [-0.25, -0.2) is 0 Å². The molecular formula is C16H26N2. The van der Waals surface area contributed by atoms with E-state index in [2.05, 4.69) is 43.1 Å². The van der Waals surface area contributed by atoms with Gasteiger partial charge in [-0.3, -0.25) is 4.90 Å². The van der Waals surface area contributed by atoms with Crippen molar-refractivity contribution in [3.63, 3.8) is 0 Å². The number of hydrogen-bond donors (Lipinski definition) is 1. The second-order valence-corrected chi connectivity index (χ2v) is 5.77. The van der Waals surface area contributed by atoms with Gasteiger partial charge >= 0.3 is 0 Å². The van der Waals surface area contributed by atoms with Crippen molar-refractivity contribution in [2.24, 2.45) is 11.7 Å². The molecule has 1 aliphatic rings. The Labute approximate surface area is 111 Å². The first-order valence-corrected chi connectivity index (χ1v) is 7.19. The van der Waals surface area contributed by atoms with E-state index in [0.717, 1.165) is 18.5 Å². The van der Waals surface area contributed by atoms with Gasteiger partial charge in [0.15, 0.2) is 0 Å². The molecule has 2 heteroatoms. The summed E-state index contributed by atoms with van der Waals surface area (Å²) in [5.74, 6) is 0.835. The highest BCUT2D eigenvalue weighted by Gasteiger charge is 2.24. The van der Waals surface area contributed by atoms with Crippen LogP contribution in [0.5, 0.6) is 0 Å². The Morgan fingerprint density at radius 3 is 2.67 bits per heavy atom. The zero-order valence-electron chi connectivity index (χ0n) is 11.7. The molecule has 2 atom stereocenters. The molecule has 100 valence electrons. The summed E-state index contributed by atoms with van der Waals surface area (Å²) < 4.78 is 0. The number of hydrogen-bond acceptors (Lipinski definition) is 2. The molecule has 0 aromatic heterocycles. The quantitative estimate of drug-likeness (QED) is 0.884. The number of nitrogens with two attached hydrogens (primary N) is 1. The van der Waals surface area contributed by atoms with E-state index < -0.39 is 0 Å². The second kappa shape index (κ2) is 6.35. The van der Waals surface area contributed by atoms with Gasteiger partial charge in [-0.15, -0.1) is 0 Å². The molecule has 0 amide bonds. The van der Waals surface area contributed by atoms with Crippen LogP contribution >= 0.6 is 0 Å². The SMILES string of the molecule is CC1CCCCC1N(C)Cc1cccc(CN)c1. The van der Waals surface area contributed by atoms with Gasteiger partial charge in [-0.05, 0) is 36.9 Å². The van der Waals surface area contributed by atoms with Gasteiger partial charge in [0.05, 0.1) is 0 Å². The lowest BCUT2D eigenvalue weighted by Crippen LogP contribution is -2.38. The van der Waals surface area contributed by atoms with Crippen molar-refractivity contribution in [1.82, 2.24) is 4.90 Å². The Balaban J connectivity index is 1.98. The Morgan fingerprint density at radius 1 is 1.22 bits per heavy atom. The van der Waals surface area contributed by atoms with Crippen molar-refractivity contribution >= 4 is 0 Å². The number of benzene rings is 1. The van der Waals surface area contributed by atoms with Gasteiger partial charge in [0.25, 0.3) is 0 Å². The molecule has 2 rings (SSSR count). The molecule has 1 aromatic rings. The van der Waals surface area contributed by atoms with Crippen LogP contribution in [0.15, 0.2) is 24.3 Å². The molecular weight excluding hydrogens is 220 g/mol. The van der Waals surface area contributed by atoms with Crippen molar-refractivity contribution in [3.8, 4) is 0 Å². The molecule has 2 N–H and O–H groups in total. The van der Waals surface area contributed by atoms with Gasteiger partial charge in [-0.2, -0.15) is 0 Å². The lowest BCUT2D eigenvalue weighted by Gasteiger charge is -2.36. The van der Waals surface area contributed by atoms with E-state index in [1.807, 2.05) is 0 Å². The van der Waals surface area contributed by atoms with E-state index in [9.17, 15) is 0 Å². The third-order valence-corrected chi connectivity index (χ3v) is 4.29. The van der Waals surface area contributed by atoms with Crippen molar-refractivity contribution in [2.45, 2.75) is 51.7 Å². The van der Waals surface area contributed by atoms with Crippen LogP contribution in [0, 0.1) is 5.92 Å². The third-order valence-electron chi connectivity index (χ3n) is 4.29. The first kappa shape index (κ1) is 13.6. The average molecular weight is 246 g/mol. The van der Waals surface area contributed by atoms with Crippen LogP contribution in [-0.2, 0) is 13.1 Å². The fraction of sp³-hybridized carbons (Fsp3) is 0.625. The van der Waals surface area contributed by atoms with Crippen LogP contribution in [0.1, 0.15) is 43.7 Å². The van der Waals surface area contributed by atoms with Crippen LogP contribution in [0.3, 0.4) is 0 Å². The maximum absolute atomic E-state index is 5.70. The zero-order valence-corrected chi connectivity index (χ0v) is 11.7. The summed E-state index contributed by atoms with van der Waals surface area (Å²) in [6.45, 7) is 4.08. The Bertz CT molecular complexity index is 375. The molecule has 0 aliphatic heterocycles. The highest BCUT2D eigenvalue weighted by atomic mass is 15.1. The summed E-state index contributed by atoms with van der Waals surface area (Å²) in [7, 11) is 2.27. The summed E-state index contributed by atoms with van der Waals surface area (Å²) in [5, 5.41) is 0. The van der Waals surface area contributed by atoms with Gasteiger partial charge in [0, 0.05) is 19.1 Å². The van der Waals surface area contributed by atoms with Crippen molar-refractivity contribution < 1.29 is 0 Å². The lowest BCUT2D eigenvalue weighted by molar-refractivity contribution is 0.133. The standard InChI is InChI=1S/C16H26N2/c1-13-6-3-4-9-16(13)18(2)12-15-8-5-7-14(10-15)11-17/h5,7-8,10,13,16H,3-4,6,9,11-12,17H2,1-2H3. The van der Waals surface area contributed by atoms with E-state index in [1.165, 1.54) is 36.8 Å². The van der Waals surface area contributed by atoms with Gasteiger partial charge < -0.3 is 5.73 Å². The Kier molecular flexibility index (Phi) is 4.79. The molecule has 0 bridgehead atoms. The second-order valence-electron chi connectivity index (χ2n) is 5.77. The number of nitrogens with zero attached hydrogens (tertiary/aromatic N) is 1. The van der Waals surface area contributed by atoms with E-state index in [0.29, 0.717) is 6.54 Å². The molecule has 2 unspecified atom stereocenters. The van der Waals surface area contributed by atoms with Gasteiger partial charge in [0.1, 0.15) is 0 Å². The first-order valence-electron chi connectivity index (χ1n) is 7.19. The summed E-state index contributed by atoms with van der Waals surface area (Å²) in [6, 6.07) is 9.43. The highest BCUT2D eigenvalue weighted by Crippen LogP contribution is 2.28. The minimum absolute atomic E-state index is 0.636. The van der Waals surface area contributed by atoms with Crippen LogP contribution < -0.4 is 5.73 Å². The fourth-order valence-corrected chi connectivity index (χ4v) is 3.21. The van der Waals surface area contributed by atoms with Crippen LogP contribution in [0.25, 0.3) is 0 Å². The largest absolute Gasteiger partial charge is 0.326 e. The maximum atomic E-state index is 5.70. The third kappa shape index (κ3) is 3.33. The van der Waals surface area contributed by atoms with Crippen molar-refractivity contribution in [3.05, 3.63) is 35.4 Å². The average Bonchev–Trinajstić information content (AvgIpc) is 2.39. The topological polar surface area (TPSA) is 29.3 Å². The monoisotopic (exact) mass is 246 g/mol. The smallest absolute Gasteiger partial charge is 0.0233 e. The molecule has 0 saturated heterocycles. The van der Waals surface area contributed by atoms with Crippen LogP contribution in [0.2, 0.25) is 0 Å². The normalized spacial score (nSPS) is 24.4. The molecule has 1 fully saturated rings. The lowest BCUT2D eigenvalue weighted by atomic mass is 9.85. The molecule has 2 nitrogen and oxygen atoms in total. The minimum Gasteiger partial charge on any atom is -0.326 e. The molecule has 1 aromatic carbocycles. The summed E-state index contributed by atoms with van der Waals surface area (Å²) in [5.41, 5.74) is 8.32. The summed E-state index contributed by atoms with van der Waals surface area (Å²) in [4.78, 5) is 2.53. The first-order chi connectivity index (χ1) is 8.70. The van der Waals surface area contributed by atoms with Crippen LogP contribution in [0.4, 0.5) is 0 Å². The zero-order chi connectivity index (χ0) is 13.0. The Hall–Kier alpha value is -0.860. The van der Waals surface area contributed by atoms with Crippen LogP contribution in [-0.4, -0.2) is 18.0 Å². The summed E-state index contributed by atoms with van der Waals surface area (Å²) >= 11 is 0. The molecule has 18 heavy (non-hydrogen) atoms. The van der Waals surface area contributed by atoms with E-state index in [4.69, 9.17) is 5.73 Å². The molecule has 1 aliphatic carbocycles. The van der Waals surface area contributed by atoms with E-state index in [1.54, 1.807) is 0 Å². The predicted molar refractivity (Wildman–Crippen MR) is 77.2 cm³/mol. The summed E-state index contributed by atoms with van der Waals surface area (Å²) in [6.07, 6.45) is 5.54. The van der Waals surface area contributed by atoms with E-state index >= 15 is 0 Å².